The van der Waals surface area contributed by atoms with Crippen LogP contribution in [0.2, 0.25) is 0 Å². The summed E-state index contributed by atoms with van der Waals surface area (Å²) in [5, 5.41) is 9.63. The van der Waals surface area contributed by atoms with E-state index < -0.39 is 0 Å². The smallest absolute Gasteiger partial charge is 0.0716 e. The van der Waals surface area contributed by atoms with Crippen LogP contribution in [0.4, 0.5) is 0 Å². The standard InChI is InChI=1S/C9H19NO/c1-7(10)9(11)8-5-3-2-4-6-8/h7-9,11H,2-6,10H2,1H3/t7-,9+/m0/s1. The number of aliphatic hydroxyl groups is 1. The quantitative estimate of drug-likeness (QED) is 0.634. The monoisotopic (exact) mass is 157 g/mol. The highest BCUT2D eigenvalue weighted by Gasteiger charge is 2.23. The van der Waals surface area contributed by atoms with E-state index in [1.54, 1.807) is 0 Å². The van der Waals surface area contributed by atoms with Gasteiger partial charge in [-0.05, 0) is 25.7 Å². The fraction of sp³-hybridized carbons (Fsp3) is 1.00. The van der Waals surface area contributed by atoms with Crippen molar-refractivity contribution in [3.05, 3.63) is 0 Å². The zero-order valence-electron chi connectivity index (χ0n) is 7.29. The molecule has 3 N–H and O–H groups in total. The van der Waals surface area contributed by atoms with E-state index in [2.05, 4.69) is 0 Å². The third kappa shape index (κ3) is 2.46. The van der Waals surface area contributed by atoms with Gasteiger partial charge >= 0.3 is 0 Å². The van der Waals surface area contributed by atoms with Gasteiger partial charge in [-0.15, -0.1) is 0 Å². The minimum atomic E-state index is -0.268. The van der Waals surface area contributed by atoms with Crippen LogP contribution in [0, 0.1) is 5.92 Å². The Morgan fingerprint density at radius 2 is 1.82 bits per heavy atom. The lowest BCUT2D eigenvalue weighted by molar-refractivity contribution is 0.0670. The molecular weight excluding hydrogens is 138 g/mol. The van der Waals surface area contributed by atoms with Gasteiger partial charge in [0.1, 0.15) is 0 Å². The van der Waals surface area contributed by atoms with E-state index in [0.717, 1.165) is 0 Å². The Morgan fingerprint density at radius 1 is 1.27 bits per heavy atom. The summed E-state index contributed by atoms with van der Waals surface area (Å²) in [5.74, 6) is 0.476. The highest BCUT2D eigenvalue weighted by molar-refractivity contribution is 4.78. The molecule has 0 heterocycles. The molecule has 0 radical (unpaired) electrons. The van der Waals surface area contributed by atoms with Crippen LogP contribution in [0.25, 0.3) is 0 Å². The Kier molecular flexibility index (Phi) is 3.34. The third-order valence-electron chi connectivity index (χ3n) is 2.67. The molecule has 0 aromatic heterocycles. The van der Waals surface area contributed by atoms with Crippen LogP contribution in [0.5, 0.6) is 0 Å². The molecule has 0 saturated heterocycles. The molecule has 1 fully saturated rings. The molecule has 0 amide bonds. The van der Waals surface area contributed by atoms with Crippen molar-refractivity contribution in [1.82, 2.24) is 0 Å². The Labute approximate surface area is 68.8 Å². The molecule has 1 saturated carbocycles. The predicted molar refractivity (Wildman–Crippen MR) is 46.2 cm³/mol. The normalized spacial score (nSPS) is 26.5. The van der Waals surface area contributed by atoms with E-state index >= 15 is 0 Å². The van der Waals surface area contributed by atoms with Gasteiger partial charge in [0.25, 0.3) is 0 Å². The minimum Gasteiger partial charge on any atom is -0.391 e. The zero-order chi connectivity index (χ0) is 8.27. The number of rotatable bonds is 2. The Hall–Kier alpha value is -0.0800. The van der Waals surface area contributed by atoms with E-state index in [1.165, 1.54) is 32.1 Å². The van der Waals surface area contributed by atoms with Crippen LogP contribution in [0.15, 0.2) is 0 Å². The summed E-state index contributed by atoms with van der Waals surface area (Å²) in [7, 11) is 0. The first-order chi connectivity index (χ1) is 5.22. The zero-order valence-corrected chi connectivity index (χ0v) is 7.29. The number of aliphatic hydroxyl groups excluding tert-OH is 1. The van der Waals surface area contributed by atoms with Gasteiger partial charge < -0.3 is 10.8 Å². The van der Waals surface area contributed by atoms with E-state index in [4.69, 9.17) is 5.73 Å². The molecule has 2 nitrogen and oxygen atoms in total. The molecule has 1 rings (SSSR count). The average Bonchev–Trinajstić information content (AvgIpc) is 2.05. The van der Waals surface area contributed by atoms with Crippen molar-refractivity contribution in [3.63, 3.8) is 0 Å². The molecule has 1 aliphatic carbocycles. The van der Waals surface area contributed by atoms with Gasteiger partial charge in [-0.3, -0.25) is 0 Å². The second kappa shape index (κ2) is 4.07. The first-order valence-corrected chi connectivity index (χ1v) is 4.65. The van der Waals surface area contributed by atoms with E-state index in [1.807, 2.05) is 6.92 Å². The average molecular weight is 157 g/mol. The summed E-state index contributed by atoms with van der Waals surface area (Å²) in [6.45, 7) is 1.89. The molecule has 2 heteroatoms. The molecule has 0 unspecified atom stereocenters. The fourth-order valence-corrected chi connectivity index (χ4v) is 1.90. The van der Waals surface area contributed by atoms with Crippen molar-refractivity contribution in [2.45, 2.75) is 51.2 Å². The maximum atomic E-state index is 9.63. The van der Waals surface area contributed by atoms with Crippen molar-refractivity contribution >= 4 is 0 Å². The SMILES string of the molecule is C[C@H](N)[C@@H](O)C1CCCCC1. The van der Waals surface area contributed by atoms with Gasteiger partial charge in [-0.1, -0.05) is 19.3 Å². The summed E-state index contributed by atoms with van der Waals surface area (Å²) in [5.41, 5.74) is 5.62. The number of nitrogens with two attached hydrogens (primary N) is 1. The van der Waals surface area contributed by atoms with Gasteiger partial charge in [0.05, 0.1) is 6.10 Å². The third-order valence-corrected chi connectivity index (χ3v) is 2.67. The van der Waals surface area contributed by atoms with Crippen LogP contribution < -0.4 is 5.73 Å². The van der Waals surface area contributed by atoms with Crippen molar-refractivity contribution in [2.24, 2.45) is 11.7 Å². The summed E-state index contributed by atoms with van der Waals surface area (Å²) in [6, 6.07) is -0.0573. The van der Waals surface area contributed by atoms with Gasteiger partial charge in [0, 0.05) is 6.04 Å². The lowest BCUT2D eigenvalue weighted by Gasteiger charge is -2.28. The second-order valence-corrected chi connectivity index (χ2v) is 3.75. The largest absolute Gasteiger partial charge is 0.391 e. The first-order valence-electron chi connectivity index (χ1n) is 4.65. The number of hydrogen-bond acceptors (Lipinski definition) is 2. The highest BCUT2D eigenvalue weighted by atomic mass is 16.3. The Balaban J connectivity index is 2.32. The van der Waals surface area contributed by atoms with Crippen LogP contribution in [0.1, 0.15) is 39.0 Å². The summed E-state index contributed by atoms with van der Waals surface area (Å²) < 4.78 is 0. The molecular formula is C9H19NO. The Morgan fingerprint density at radius 3 is 2.27 bits per heavy atom. The van der Waals surface area contributed by atoms with Crippen LogP contribution >= 0.6 is 0 Å². The lowest BCUT2D eigenvalue weighted by atomic mass is 9.83. The minimum absolute atomic E-state index is 0.0573. The maximum absolute atomic E-state index is 9.63. The molecule has 2 atom stereocenters. The van der Waals surface area contributed by atoms with E-state index in [-0.39, 0.29) is 12.1 Å². The van der Waals surface area contributed by atoms with Crippen molar-refractivity contribution in [2.75, 3.05) is 0 Å². The summed E-state index contributed by atoms with van der Waals surface area (Å²) >= 11 is 0. The predicted octanol–water partition coefficient (Wildman–Crippen LogP) is 1.27. The molecule has 0 aromatic rings. The van der Waals surface area contributed by atoms with Gasteiger partial charge in [0.2, 0.25) is 0 Å². The van der Waals surface area contributed by atoms with Crippen LogP contribution in [-0.4, -0.2) is 17.3 Å². The Bertz CT molecular complexity index is 108. The molecule has 0 aromatic carbocycles. The topological polar surface area (TPSA) is 46.2 Å². The van der Waals surface area contributed by atoms with Crippen LogP contribution in [-0.2, 0) is 0 Å². The molecule has 11 heavy (non-hydrogen) atoms. The van der Waals surface area contributed by atoms with Crippen molar-refractivity contribution < 1.29 is 5.11 Å². The molecule has 0 bridgehead atoms. The fourth-order valence-electron chi connectivity index (χ4n) is 1.90. The highest BCUT2D eigenvalue weighted by Crippen LogP contribution is 2.27. The molecule has 0 aliphatic heterocycles. The van der Waals surface area contributed by atoms with Gasteiger partial charge in [-0.25, -0.2) is 0 Å². The second-order valence-electron chi connectivity index (χ2n) is 3.75. The summed E-state index contributed by atoms with van der Waals surface area (Å²) in [4.78, 5) is 0. The maximum Gasteiger partial charge on any atom is 0.0716 e. The van der Waals surface area contributed by atoms with Crippen LogP contribution in [0.3, 0.4) is 0 Å². The lowest BCUT2D eigenvalue weighted by Crippen LogP contribution is -2.38. The van der Waals surface area contributed by atoms with E-state index in [9.17, 15) is 5.11 Å². The molecule has 66 valence electrons. The number of hydrogen-bond donors (Lipinski definition) is 2. The van der Waals surface area contributed by atoms with Crippen molar-refractivity contribution in [3.8, 4) is 0 Å². The van der Waals surface area contributed by atoms with E-state index in [0.29, 0.717) is 5.92 Å². The molecule has 0 spiro atoms. The van der Waals surface area contributed by atoms with Gasteiger partial charge in [0.15, 0.2) is 0 Å². The van der Waals surface area contributed by atoms with Gasteiger partial charge in [-0.2, -0.15) is 0 Å². The first kappa shape index (κ1) is 9.01. The summed E-state index contributed by atoms with van der Waals surface area (Å²) in [6.07, 6.45) is 5.95. The molecule has 1 aliphatic rings. The van der Waals surface area contributed by atoms with Crippen molar-refractivity contribution in [1.29, 1.82) is 0 Å².